The molecule has 1 aliphatic heterocycles. The summed E-state index contributed by atoms with van der Waals surface area (Å²) in [6.07, 6.45) is 2.71. The summed E-state index contributed by atoms with van der Waals surface area (Å²) in [6, 6.07) is 4.32. The van der Waals surface area contributed by atoms with Crippen LogP contribution in [0.15, 0.2) is 12.3 Å². The van der Waals surface area contributed by atoms with E-state index in [0.717, 1.165) is 5.69 Å². The zero-order valence-corrected chi connectivity index (χ0v) is 11.4. The highest BCUT2D eigenvalue weighted by Crippen LogP contribution is 2.34. The molecule has 2 rings (SSSR count). The molecule has 1 aliphatic rings. The van der Waals surface area contributed by atoms with Crippen molar-refractivity contribution in [2.75, 3.05) is 11.5 Å². The zero-order valence-electron chi connectivity index (χ0n) is 10.6. The van der Waals surface area contributed by atoms with Gasteiger partial charge in [-0.05, 0) is 26.3 Å². The Morgan fingerprint density at radius 2 is 2.33 bits per heavy atom. The van der Waals surface area contributed by atoms with Crippen LogP contribution in [0.1, 0.15) is 32.0 Å². The molecule has 0 bridgehead atoms. The van der Waals surface area contributed by atoms with E-state index in [0.29, 0.717) is 12.8 Å². The Bertz CT molecular complexity index is 583. The molecule has 0 spiro atoms. The lowest BCUT2D eigenvalue weighted by Crippen LogP contribution is -2.23. The third kappa shape index (κ3) is 2.56. The molecule has 0 aromatic carbocycles. The van der Waals surface area contributed by atoms with Gasteiger partial charge in [0.15, 0.2) is 9.84 Å². The monoisotopic (exact) mass is 267 g/mol. The van der Waals surface area contributed by atoms with Crippen molar-refractivity contribution in [1.82, 2.24) is 9.78 Å². The summed E-state index contributed by atoms with van der Waals surface area (Å²) < 4.78 is 24.9. The van der Waals surface area contributed by atoms with Gasteiger partial charge in [-0.3, -0.25) is 4.68 Å². The second kappa shape index (κ2) is 4.39. The number of nitrogens with zero attached hydrogens (tertiary/aromatic N) is 3. The molecule has 1 unspecified atom stereocenters. The summed E-state index contributed by atoms with van der Waals surface area (Å²) in [5.41, 5.74) is 0.0111. The molecule has 18 heavy (non-hydrogen) atoms. The molecule has 1 aromatic heterocycles. The first-order chi connectivity index (χ1) is 8.36. The van der Waals surface area contributed by atoms with Gasteiger partial charge in [-0.15, -0.1) is 0 Å². The average Bonchev–Trinajstić information content (AvgIpc) is 2.85. The first-order valence-corrected chi connectivity index (χ1v) is 7.84. The first-order valence-electron chi connectivity index (χ1n) is 6.02. The van der Waals surface area contributed by atoms with Crippen LogP contribution in [-0.2, 0) is 16.3 Å². The van der Waals surface area contributed by atoms with E-state index in [1.165, 1.54) is 0 Å². The minimum Gasteiger partial charge on any atom is -0.270 e. The van der Waals surface area contributed by atoms with Crippen LogP contribution in [0.4, 0.5) is 0 Å². The number of sulfone groups is 1. The second-order valence-electron chi connectivity index (χ2n) is 5.29. The normalized spacial score (nSPS) is 26.3. The molecule has 1 fully saturated rings. The van der Waals surface area contributed by atoms with Gasteiger partial charge in [-0.25, -0.2) is 8.42 Å². The van der Waals surface area contributed by atoms with Crippen LogP contribution in [0.5, 0.6) is 0 Å². The van der Waals surface area contributed by atoms with Gasteiger partial charge in [-0.1, -0.05) is 0 Å². The third-order valence-corrected chi connectivity index (χ3v) is 5.16. The lowest BCUT2D eigenvalue weighted by atomic mass is 9.84. The van der Waals surface area contributed by atoms with E-state index in [-0.39, 0.29) is 17.5 Å². The number of hydrogen-bond acceptors (Lipinski definition) is 4. The minimum atomic E-state index is -3.05. The fourth-order valence-corrected chi connectivity index (χ4v) is 4.29. The van der Waals surface area contributed by atoms with E-state index in [1.807, 2.05) is 30.8 Å². The predicted octanol–water partition coefficient (Wildman–Crippen LogP) is 1.33. The summed E-state index contributed by atoms with van der Waals surface area (Å²) in [5.74, 6) is 0.0798. The van der Waals surface area contributed by atoms with Gasteiger partial charge < -0.3 is 0 Å². The highest BCUT2D eigenvalue weighted by atomic mass is 32.2. The number of hydrogen-bond donors (Lipinski definition) is 0. The van der Waals surface area contributed by atoms with Crippen LogP contribution in [0.25, 0.3) is 0 Å². The molecule has 0 saturated carbocycles. The van der Waals surface area contributed by atoms with Crippen molar-refractivity contribution >= 4 is 9.84 Å². The lowest BCUT2D eigenvalue weighted by molar-refractivity contribution is 0.437. The van der Waals surface area contributed by atoms with Crippen LogP contribution >= 0.6 is 0 Å². The smallest absolute Gasteiger partial charge is 0.151 e. The maximum absolute atomic E-state index is 11.5. The standard InChI is InChI=1S/C12H17N3O2S/c1-10(2)15-5-3-11(14-15)7-12(8-13)4-6-18(16,17)9-12/h3,5,10H,4,6-7,9H2,1-2H3. The Kier molecular flexibility index (Phi) is 3.20. The fourth-order valence-electron chi connectivity index (χ4n) is 2.29. The van der Waals surface area contributed by atoms with E-state index in [4.69, 9.17) is 0 Å². The topological polar surface area (TPSA) is 75.8 Å². The molecule has 1 atom stereocenters. The Hall–Kier alpha value is -1.35. The predicted molar refractivity (Wildman–Crippen MR) is 67.6 cm³/mol. The fraction of sp³-hybridized carbons (Fsp3) is 0.667. The van der Waals surface area contributed by atoms with E-state index in [2.05, 4.69) is 11.2 Å². The van der Waals surface area contributed by atoms with Crippen molar-refractivity contribution in [3.05, 3.63) is 18.0 Å². The third-order valence-electron chi connectivity index (χ3n) is 3.34. The van der Waals surface area contributed by atoms with Crippen LogP contribution < -0.4 is 0 Å². The van der Waals surface area contributed by atoms with Crippen LogP contribution in [0, 0.1) is 16.7 Å². The largest absolute Gasteiger partial charge is 0.270 e. The molecular weight excluding hydrogens is 250 g/mol. The lowest BCUT2D eigenvalue weighted by Gasteiger charge is -2.16. The number of aromatic nitrogens is 2. The van der Waals surface area contributed by atoms with Gasteiger partial charge in [0, 0.05) is 18.7 Å². The number of rotatable bonds is 3. The molecular formula is C12H17N3O2S. The molecule has 0 N–H and O–H groups in total. The highest BCUT2D eigenvalue weighted by molar-refractivity contribution is 7.91. The molecule has 98 valence electrons. The molecule has 0 radical (unpaired) electrons. The Balaban J connectivity index is 2.19. The number of nitriles is 1. The van der Waals surface area contributed by atoms with Crippen molar-refractivity contribution in [2.45, 2.75) is 32.7 Å². The molecule has 6 heteroatoms. The molecule has 1 saturated heterocycles. The van der Waals surface area contributed by atoms with E-state index >= 15 is 0 Å². The maximum Gasteiger partial charge on any atom is 0.151 e. The summed E-state index contributed by atoms with van der Waals surface area (Å²) in [7, 11) is -3.05. The second-order valence-corrected chi connectivity index (χ2v) is 7.48. The minimum absolute atomic E-state index is 0.0367. The van der Waals surface area contributed by atoms with Crippen molar-refractivity contribution in [3.63, 3.8) is 0 Å². The van der Waals surface area contributed by atoms with Gasteiger partial charge in [-0.2, -0.15) is 10.4 Å². The van der Waals surface area contributed by atoms with Crippen LogP contribution in [0.2, 0.25) is 0 Å². The summed E-state index contributed by atoms with van der Waals surface area (Å²) in [5, 5.41) is 13.7. The van der Waals surface area contributed by atoms with Crippen molar-refractivity contribution in [3.8, 4) is 6.07 Å². The Morgan fingerprint density at radius 1 is 1.61 bits per heavy atom. The van der Waals surface area contributed by atoms with E-state index in [1.54, 1.807) is 0 Å². The molecule has 5 nitrogen and oxygen atoms in total. The average molecular weight is 267 g/mol. The summed E-state index contributed by atoms with van der Waals surface area (Å²) in [4.78, 5) is 0. The highest BCUT2D eigenvalue weighted by Gasteiger charge is 2.43. The summed E-state index contributed by atoms with van der Waals surface area (Å²) >= 11 is 0. The molecule has 0 amide bonds. The van der Waals surface area contributed by atoms with Crippen molar-refractivity contribution in [1.29, 1.82) is 5.26 Å². The first kappa shape index (κ1) is 13.1. The Morgan fingerprint density at radius 3 is 2.78 bits per heavy atom. The van der Waals surface area contributed by atoms with Crippen LogP contribution in [-0.4, -0.2) is 29.7 Å². The van der Waals surface area contributed by atoms with Gasteiger partial charge in [0.2, 0.25) is 0 Å². The van der Waals surface area contributed by atoms with E-state index in [9.17, 15) is 13.7 Å². The molecule has 1 aromatic rings. The van der Waals surface area contributed by atoms with Gasteiger partial charge in [0.05, 0.1) is 28.7 Å². The van der Waals surface area contributed by atoms with E-state index < -0.39 is 15.3 Å². The zero-order chi connectivity index (χ0) is 13.4. The summed E-state index contributed by atoms with van der Waals surface area (Å²) in [6.45, 7) is 4.05. The SMILES string of the molecule is CC(C)n1ccc(CC2(C#N)CCS(=O)(=O)C2)n1. The molecule has 0 aliphatic carbocycles. The van der Waals surface area contributed by atoms with Crippen LogP contribution in [0.3, 0.4) is 0 Å². The quantitative estimate of drug-likeness (QED) is 0.828. The van der Waals surface area contributed by atoms with Gasteiger partial charge in [0.25, 0.3) is 0 Å². The van der Waals surface area contributed by atoms with Crippen molar-refractivity contribution < 1.29 is 8.42 Å². The van der Waals surface area contributed by atoms with Crippen molar-refractivity contribution in [2.24, 2.45) is 5.41 Å². The maximum atomic E-state index is 11.5. The molecule has 2 heterocycles. The Labute approximate surface area is 107 Å². The van der Waals surface area contributed by atoms with Gasteiger partial charge >= 0.3 is 0 Å². The van der Waals surface area contributed by atoms with Gasteiger partial charge in [0.1, 0.15) is 0 Å².